The molecular formula is C11H15BrN2O2S. The number of aryl methyl sites for hydroxylation is 1. The lowest BCUT2D eigenvalue weighted by atomic mass is 10.1. The van der Waals surface area contributed by atoms with E-state index in [1.807, 2.05) is 6.26 Å². The van der Waals surface area contributed by atoms with Crippen molar-refractivity contribution < 1.29 is 4.92 Å². The normalized spacial score (nSPS) is 12.2. The van der Waals surface area contributed by atoms with Gasteiger partial charge in [0.15, 0.2) is 0 Å². The Hall–Kier alpha value is -0.750. The van der Waals surface area contributed by atoms with Crippen molar-refractivity contribution in [3.63, 3.8) is 0 Å². The Kier molecular flexibility index (Phi) is 5.27. The molecule has 0 aliphatic heterocycles. The number of benzene rings is 1. The molecule has 1 unspecified atom stereocenters. The number of nitrogens with zero attached hydrogens (tertiary/aromatic N) is 1. The van der Waals surface area contributed by atoms with E-state index in [0.29, 0.717) is 11.6 Å². The van der Waals surface area contributed by atoms with Gasteiger partial charge < -0.3 is 5.32 Å². The molecule has 17 heavy (non-hydrogen) atoms. The Labute approximate surface area is 113 Å². The lowest BCUT2D eigenvalue weighted by molar-refractivity contribution is -0.385. The number of thioether (sulfide) groups is 1. The summed E-state index contributed by atoms with van der Waals surface area (Å²) in [6.07, 6.45) is 2.05. The lowest BCUT2D eigenvalue weighted by Gasteiger charge is -2.15. The predicted molar refractivity (Wildman–Crippen MR) is 77.0 cm³/mol. The molecule has 0 fully saturated rings. The quantitative estimate of drug-likeness (QED) is 0.662. The van der Waals surface area contributed by atoms with Gasteiger partial charge >= 0.3 is 0 Å². The van der Waals surface area contributed by atoms with Crippen LogP contribution in [0, 0.1) is 17.0 Å². The summed E-state index contributed by atoms with van der Waals surface area (Å²) in [5, 5.41) is 14.1. The van der Waals surface area contributed by atoms with E-state index in [4.69, 9.17) is 0 Å². The van der Waals surface area contributed by atoms with Gasteiger partial charge in [-0.25, -0.2) is 0 Å². The van der Waals surface area contributed by atoms with E-state index in [0.717, 1.165) is 15.9 Å². The summed E-state index contributed by atoms with van der Waals surface area (Å²) in [7, 11) is 0. The number of nitro benzene ring substituents is 1. The summed E-state index contributed by atoms with van der Waals surface area (Å²) in [5.74, 6) is 0.989. The summed E-state index contributed by atoms with van der Waals surface area (Å²) < 4.78 is 0.725. The molecule has 94 valence electrons. The van der Waals surface area contributed by atoms with Crippen molar-refractivity contribution in [1.82, 2.24) is 0 Å². The van der Waals surface area contributed by atoms with Gasteiger partial charge in [0.05, 0.1) is 4.92 Å². The molecule has 1 aromatic carbocycles. The SMILES string of the molecule is CSCC(C)Nc1cc(C)c([N+](=O)[O-])cc1Br. The molecule has 0 bridgehead atoms. The Morgan fingerprint density at radius 2 is 2.24 bits per heavy atom. The first-order valence-corrected chi connectivity index (χ1v) is 7.34. The van der Waals surface area contributed by atoms with Gasteiger partial charge in [0, 0.05) is 33.6 Å². The molecular weight excluding hydrogens is 304 g/mol. The third-order valence-electron chi connectivity index (χ3n) is 2.30. The third-order valence-corrected chi connectivity index (χ3v) is 3.79. The molecule has 1 aromatic rings. The number of hydrogen-bond donors (Lipinski definition) is 1. The first kappa shape index (κ1) is 14.3. The maximum absolute atomic E-state index is 10.8. The topological polar surface area (TPSA) is 55.2 Å². The second kappa shape index (κ2) is 6.26. The van der Waals surface area contributed by atoms with Crippen LogP contribution in [-0.2, 0) is 0 Å². The summed E-state index contributed by atoms with van der Waals surface area (Å²) in [6.45, 7) is 3.83. The minimum absolute atomic E-state index is 0.139. The van der Waals surface area contributed by atoms with Crippen LogP contribution in [0.15, 0.2) is 16.6 Å². The second-order valence-corrected chi connectivity index (χ2v) is 5.64. The number of anilines is 1. The van der Waals surface area contributed by atoms with Crippen molar-refractivity contribution >= 4 is 39.1 Å². The molecule has 0 saturated carbocycles. The molecule has 0 aromatic heterocycles. The molecule has 0 radical (unpaired) electrons. The van der Waals surface area contributed by atoms with Crippen molar-refractivity contribution in [2.75, 3.05) is 17.3 Å². The van der Waals surface area contributed by atoms with Crippen molar-refractivity contribution in [3.8, 4) is 0 Å². The van der Waals surface area contributed by atoms with Crippen molar-refractivity contribution in [1.29, 1.82) is 0 Å². The van der Waals surface area contributed by atoms with Gasteiger partial charge in [0.25, 0.3) is 5.69 Å². The molecule has 1 N–H and O–H groups in total. The molecule has 0 aliphatic rings. The molecule has 1 rings (SSSR count). The number of hydrogen-bond acceptors (Lipinski definition) is 4. The van der Waals surface area contributed by atoms with E-state index in [-0.39, 0.29) is 10.6 Å². The van der Waals surface area contributed by atoms with Crippen LogP contribution in [0.3, 0.4) is 0 Å². The van der Waals surface area contributed by atoms with Gasteiger partial charge in [-0.3, -0.25) is 10.1 Å². The molecule has 1 atom stereocenters. The third kappa shape index (κ3) is 3.89. The fourth-order valence-corrected chi connectivity index (χ4v) is 2.56. The number of halogens is 1. The summed E-state index contributed by atoms with van der Waals surface area (Å²) in [6, 6.07) is 3.67. The van der Waals surface area contributed by atoms with Crippen molar-refractivity contribution in [2.24, 2.45) is 0 Å². The van der Waals surface area contributed by atoms with E-state index >= 15 is 0 Å². The fraction of sp³-hybridized carbons (Fsp3) is 0.455. The zero-order chi connectivity index (χ0) is 13.0. The molecule has 6 heteroatoms. The van der Waals surface area contributed by atoms with Crippen LogP contribution >= 0.6 is 27.7 Å². The first-order valence-electron chi connectivity index (χ1n) is 5.15. The summed E-state index contributed by atoms with van der Waals surface area (Å²) >= 11 is 5.12. The van der Waals surface area contributed by atoms with Crippen LogP contribution in [0.5, 0.6) is 0 Å². The average molecular weight is 319 g/mol. The minimum atomic E-state index is -0.366. The van der Waals surface area contributed by atoms with Gasteiger partial charge in [0.1, 0.15) is 0 Å². The van der Waals surface area contributed by atoms with Crippen LogP contribution in [0.2, 0.25) is 0 Å². The second-order valence-electron chi connectivity index (χ2n) is 3.88. The molecule has 0 aliphatic carbocycles. The number of rotatable bonds is 5. The molecule has 0 amide bonds. The van der Waals surface area contributed by atoms with Crippen molar-refractivity contribution in [2.45, 2.75) is 19.9 Å². The maximum atomic E-state index is 10.8. The highest BCUT2D eigenvalue weighted by atomic mass is 79.9. The predicted octanol–water partition coefficient (Wildman–Crippen LogP) is 3.83. The highest BCUT2D eigenvalue weighted by Crippen LogP contribution is 2.31. The molecule has 0 saturated heterocycles. The molecule has 0 heterocycles. The summed E-state index contributed by atoms with van der Waals surface area (Å²) in [5.41, 5.74) is 1.70. The highest BCUT2D eigenvalue weighted by molar-refractivity contribution is 9.10. The standard InChI is InChI=1S/C11H15BrN2O2S/c1-7-4-10(13-8(2)6-17-3)9(12)5-11(7)14(15)16/h4-5,8,13H,6H2,1-3H3. The van der Waals surface area contributed by atoms with Gasteiger partial charge in [-0.15, -0.1) is 0 Å². The van der Waals surface area contributed by atoms with E-state index in [1.165, 1.54) is 0 Å². The lowest BCUT2D eigenvalue weighted by Crippen LogP contribution is -2.18. The van der Waals surface area contributed by atoms with Crippen LogP contribution in [0.4, 0.5) is 11.4 Å². The van der Waals surface area contributed by atoms with Crippen LogP contribution < -0.4 is 5.32 Å². The molecule has 4 nitrogen and oxygen atoms in total. The monoisotopic (exact) mass is 318 g/mol. The van der Waals surface area contributed by atoms with Gasteiger partial charge in [-0.05, 0) is 42.1 Å². The smallest absolute Gasteiger partial charge is 0.273 e. The van der Waals surface area contributed by atoms with Crippen LogP contribution in [-0.4, -0.2) is 23.0 Å². The Morgan fingerprint density at radius 3 is 2.76 bits per heavy atom. The Morgan fingerprint density at radius 1 is 1.59 bits per heavy atom. The number of nitrogens with one attached hydrogen (secondary N) is 1. The molecule has 0 spiro atoms. The average Bonchev–Trinajstić information content (AvgIpc) is 2.22. The largest absolute Gasteiger partial charge is 0.381 e. The van der Waals surface area contributed by atoms with Gasteiger partial charge in [-0.2, -0.15) is 11.8 Å². The summed E-state index contributed by atoms with van der Waals surface area (Å²) in [4.78, 5) is 10.4. The van der Waals surface area contributed by atoms with E-state index in [2.05, 4.69) is 28.2 Å². The van der Waals surface area contributed by atoms with Crippen molar-refractivity contribution in [3.05, 3.63) is 32.3 Å². The zero-order valence-electron chi connectivity index (χ0n) is 9.99. The zero-order valence-corrected chi connectivity index (χ0v) is 12.4. The first-order chi connectivity index (χ1) is 7.95. The fourth-order valence-electron chi connectivity index (χ4n) is 1.54. The minimum Gasteiger partial charge on any atom is -0.381 e. The maximum Gasteiger partial charge on any atom is 0.273 e. The van der Waals surface area contributed by atoms with Crippen LogP contribution in [0.1, 0.15) is 12.5 Å². The van der Waals surface area contributed by atoms with E-state index < -0.39 is 0 Å². The van der Waals surface area contributed by atoms with Crippen LogP contribution in [0.25, 0.3) is 0 Å². The highest BCUT2D eigenvalue weighted by Gasteiger charge is 2.14. The van der Waals surface area contributed by atoms with E-state index in [9.17, 15) is 10.1 Å². The van der Waals surface area contributed by atoms with Gasteiger partial charge in [-0.1, -0.05) is 0 Å². The Bertz CT molecular complexity index is 426. The number of nitro groups is 1. The Balaban J connectivity index is 2.95. The van der Waals surface area contributed by atoms with E-state index in [1.54, 1.807) is 30.8 Å². The van der Waals surface area contributed by atoms with Gasteiger partial charge in [0.2, 0.25) is 0 Å².